The van der Waals surface area contributed by atoms with E-state index in [0.717, 1.165) is 19.3 Å². The first kappa shape index (κ1) is 17.4. The van der Waals surface area contributed by atoms with Crippen molar-refractivity contribution in [3.63, 3.8) is 0 Å². The number of carbonyl (C=O) groups excluding carboxylic acids is 1. The van der Waals surface area contributed by atoms with Gasteiger partial charge in [0.05, 0.1) is 0 Å². The number of unbranched alkanes of at least 4 members (excludes halogenated alkanes) is 1. The first-order valence-electron chi connectivity index (χ1n) is 7.70. The lowest BCUT2D eigenvalue weighted by Gasteiger charge is -2.21. The van der Waals surface area contributed by atoms with Crippen LogP contribution in [0.3, 0.4) is 0 Å². The predicted octanol–water partition coefficient (Wildman–Crippen LogP) is 5.54. The average Bonchev–Trinajstić information content (AvgIpc) is 2.33. The van der Waals surface area contributed by atoms with Crippen LogP contribution >= 0.6 is 0 Å². The van der Waals surface area contributed by atoms with E-state index in [4.69, 9.17) is 0 Å². The lowest BCUT2D eigenvalue weighted by molar-refractivity contribution is -0.122. The maximum absolute atomic E-state index is 12.2. The molecule has 0 bridgehead atoms. The minimum absolute atomic E-state index is 0.185. The normalized spacial score (nSPS) is 12.6. The molecule has 0 spiro atoms. The topological polar surface area (TPSA) is 17.1 Å². The third kappa shape index (κ3) is 6.98. The molecule has 0 radical (unpaired) electrons. The van der Waals surface area contributed by atoms with Gasteiger partial charge >= 0.3 is 0 Å². The van der Waals surface area contributed by atoms with Gasteiger partial charge in [0.1, 0.15) is 0 Å². The summed E-state index contributed by atoms with van der Waals surface area (Å²) in [6, 6.07) is 0. The van der Waals surface area contributed by atoms with Gasteiger partial charge in [-0.1, -0.05) is 66.4 Å². The Labute approximate surface area is 114 Å². The second-order valence-corrected chi connectivity index (χ2v) is 6.05. The van der Waals surface area contributed by atoms with Crippen molar-refractivity contribution >= 4 is 5.78 Å². The number of rotatable bonds is 10. The van der Waals surface area contributed by atoms with E-state index in [9.17, 15) is 4.79 Å². The van der Waals surface area contributed by atoms with Gasteiger partial charge in [-0.05, 0) is 31.3 Å². The lowest BCUT2D eigenvalue weighted by Crippen LogP contribution is -2.22. The van der Waals surface area contributed by atoms with Gasteiger partial charge in [0.15, 0.2) is 5.78 Å². The highest BCUT2D eigenvalue weighted by Gasteiger charge is 2.24. The molecule has 0 aliphatic carbocycles. The number of ketones is 1. The Kier molecular flexibility index (Phi) is 9.05. The molecule has 0 N–H and O–H groups in total. The van der Waals surface area contributed by atoms with E-state index in [0.29, 0.717) is 11.7 Å². The van der Waals surface area contributed by atoms with Crippen LogP contribution in [0, 0.1) is 11.3 Å². The van der Waals surface area contributed by atoms with Gasteiger partial charge in [0.25, 0.3) is 0 Å². The summed E-state index contributed by atoms with van der Waals surface area (Å²) in [7, 11) is 0. The number of hydrogen-bond acceptors (Lipinski definition) is 1. The molecule has 0 heterocycles. The fourth-order valence-electron chi connectivity index (χ4n) is 2.27. The summed E-state index contributed by atoms with van der Waals surface area (Å²) in [6.07, 6.45) is 12.1. The first-order chi connectivity index (χ1) is 8.47. The molecule has 0 aliphatic heterocycles. The molecule has 106 valence electrons. The third-order valence-corrected chi connectivity index (χ3v) is 3.66. The molecule has 0 saturated heterocycles. The van der Waals surface area contributed by atoms with Crippen LogP contribution in [-0.2, 0) is 4.79 Å². The summed E-state index contributed by atoms with van der Waals surface area (Å²) in [6.45, 7) is 10.7. The van der Waals surface area contributed by atoms with E-state index in [2.05, 4.69) is 40.7 Å². The summed E-state index contributed by atoms with van der Waals surface area (Å²) in [5.41, 5.74) is -0.185. The maximum atomic E-state index is 12.2. The van der Waals surface area contributed by atoms with Crippen LogP contribution in [0.5, 0.6) is 0 Å². The Morgan fingerprint density at radius 2 is 1.61 bits per heavy atom. The second-order valence-electron chi connectivity index (χ2n) is 6.05. The smallest absolute Gasteiger partial charge is 0.160 e. The SMILES string of the molecule is CCCCC(C)(C)C(=O)/C=C/C(CCC)CCC. The zero-order chi connectivity index (χ0) is 14.0. The molecule has 0 saturated carbocycles. The van der Waals surface area contributed by atoms with Gasteiger partial charge in [-0.25, -0.2) is 0 Å². The fourth-order valence-corrected chi connectivity index (χ4v) is 2.27. The Bertz CT molecular complexity index is 244. The lowest BCUT2D eigenvalue weighted by atomic mass is 9.82. The Morgan fingerprint density at radius 3 is 2.06 bits per heavy atom. The maximum Gasteiger partial charge on any atom is 0.160 e. The molecule has 0 fully saturated rings. The molecule has 0 aromatic rings. The first-order valence-corrected chi connectivity index (χ1v) is 7.70. The number of allylic oxidation sites excluding steroid dienone is 2. The van der Waals surface area contributed by atoms with Crippen LogP contribution in [0.4, 0.5) is 0 Å². The molecule has 0 aliphatic rings. The molecule has 0 atom stereocenters. The van der Waals surface area contributed by atoms with Crippen LogP contribution in [0.25, 0.3) is 0 Å². The van der Waals surface area contributed by atoms with E-state index >= 15 is 0 Å². The van der Waals surface area contributed by atoms with Crippen LogP contribution in [0.1, 0.15) is 79.6 Å². The minimum atomic E-state index is -0.185. The van der Waals surface area contributed by atoms with Crippen molar-refractivity contribution in [3.05, 3.63) is 12.2 Å². The monoisotopic (exact) mass is 252 g/mol. The molecule has 0 aromatic heterocycles. The Hall–Kier alpha value is -0.590. The van der Waals surface area contributed by atoms with Crippen LogP contribution in [0.15, 0.2) is 12.2 Å². The molecular weight excluding hydrogens is 220 g/mol. The van der Waals surface area contributed by atoms with Crippen molar-refractivity contribution in [1.29, 1.82) is 0 Å². The van der Waals surface area contributed by atoms with E-state index in [-0.39, 0.29) is 5.41 Å². The van der Waals surface area contributed by atoms with Crippen LogP contribution in [-0.4, -0.2) is 5.78 Å². The zero-order valence-electron chi connectivity index (χ0n) is 13.1. The summed E-state index contributed by atoms with van der Waals surface area (Å²) in [5.74, 6) is 0.888. The molecule has 1 heteroatoms. The van der Waals surface area contributed by atoms with Gasteiger partial charge in [0.2, 0.25) is 0 Å². The third-order valence-electron chi connectivity index (χ3n) is 3.66. The van der Waals surface area contributed by atoms with Crippen molar-refractivity contribution < 1.29 is 4.79 Å². The highest BCUT2D eigenvalue weighted by Crippen LogP contribution is 2.25. The summed E-state index contributed by atoms with van der Waals surface area (Å²) in [5, 5.41) is 0. The molecule has 0 amide bonds. The van der Waals surface area contributed by atoms with Gasteiger partial charge in [-0.2, -0.15) is 0 Å². The van der Waals surface area contributed by atoms with Crippen molar-refractivity contribution in [2.75, 3.05) is 0 Å². The van der Waals surface area contributed by atoms with Gasteiger partial charge in [-0.3, -0.25) is 4.79 Å². The van der Waals surface area contributed by atoms with Crippen molar-refractivity contribution in [2.24, 2.45) is 11.3 Å². The van der Waals surface area contributed by atoms with Crippen LogP contribution < -0.4 is 0 Å². The van der Waals surface area contributed by atoms with E-state index in [1.807, 2.05) is 6.08 Å². The highest BCUT2D eigenvalue weighted by molar-refractivity contribution is 5.94. The van der Waals surface area contributed by atoms with E-state index < -0.39 is 0 Å². The summed E-state index contributed by atoms with van der Waals surface area (Å²) in [4.78, 5) is 12.2. The van der Waals surface area contributed by atoms with E-state index in [1.54, 1.807) is 0 Å². The van der Waals surface area contributed by atoms with Gasteiger partial charge in [-0.15, -0.1) is 0 Å². The van der Waals surface area contributed by atoms with Crippen molar-refractivity contribution in [2.45, 2.75) is 79.6 Å². The quantitative estimate of drug-likeness (QED) is 0.466. The standard InChI is InChI=1S/C17H32O/c1-6-9-14-17(4,5)16(18)13-12-15(10-7-2)11-8-3/h12-13,15H,6-11,14H2,1-5H3/b13-12+. The average molecular weight is 252 g/mol. The van der Waals surface area contributed by atoms with Crippen molar-refractivity contribution in [1.82, 2.24) is 0 Å². The Balaban J connectivity index is 4.40. The minimum Gasteiger partial charge on any atom is -0.294 e. The van der Waals surface area contributed by atoms with Crippen molar-refractivity contribution in [3.8, 4) is 0 Å². The summed E-state index contributed by atoms with van der Waals surface area (Å²) < 4.78 is 0. The molecular formula is C17H32O. The van der Waals surface area contributed by atoms with Crippen LogP contribution in [0.2, 0.25) is 0 Å². The zero-order valence-corrected chi connectivity index (χ0v) is 13.1. The van der Waals surface area contributed by atoms with Gasteiger partial charge in [0, 0.05) is 5.41 Å². The number of carbonyl (C=O) groups is 1. The largest absolute Gasteiger partial charge is 0.294 e. The molecule has 0 aromatic carbocycles. The van der Waals surface area contributed by atoms with Gasteiger partial charge < -0.3 is 0 Å². The predicted molar refractivity (Wildman–Crippen MR) is 80.8 cm³/mol. The van der Waals surface area contributed by atoms with E-state index in [1.165, 1.54) is 25.7 Å². The molecule has 0 unspecified atom stereocenters. The highest BCUT2D eigenvalue weighted by atomic mass is 16.1. The fraction of sp³-hybridized carbons (Fsp3) is 0.824. The molecule has 0 rings (SSSR count). The Morgan fingerprint density at radius 1 is 1.06 bits per heavy atom. The molecule has 18 heavy (non-hydrogen) atoms. The number of hydrogen-bond donors (Lipinski definition) is 0. The molecule has 1 nitrogen and oxygen atoms in total. The summed E-state index contributed by atoms with van der Waals surface area (Å²) >= 11 is 0. The second kappa shape index (κ2) is 9.35.